The fourth-order valence-corrected chi connectivity index (χ4v) is 3.27. The van der Waals surface area contributed by atoms with Crippen molar-refractivity contribution in [1.29, 1.82) is 0 Å². The zero-order valence-electron chi connectivity index (χ0n) is 14.1. The third-order valence-corrected chi connectivity index (χ3v) is 4.59. The van der Waals surface area contributed by atoms with Gasteiger partial charge in [0, 0.05) is 0 Å². The van der Waals surface area contributed by atoms with Gasteiger partial charge in [-0.05, 0) is 48.0 Å². The molecule has 0 unspecified atom stereocenters. The highest BCUT2D eigenvalue weighted by Crippen LogP contribution is 2.29. The van der Waals surface area contributed by atoms with Crippen LogP contribution in [0, 0.1) is 5.92 Å². The third-order valence-electron chi connectivity index (χ3n) is 4.59. The molecule has 0 aliphatic carbocycles. The number of hydrogen-bond donors (Lipinski definition) is 0. The second-order valence-electron chi connectivity index (χ2n) is 6.70. The summed E-state index contributed by atoms with van der Waals surface area (Å²) >= 11 is 0. The van der Waals surface area contributed by atoms with Crippen molar-refractivity contribution in [3.05, 3.63) is 77.9 Å². The van der Waals surface area contributed by atoms with Crippen molar-refractivity contribution >= 4 is 5.57 Å². The lowest BCUT2D eigenvalue weighted by Gasteiger charge is -2.31. The Morgan fingerprint density at radius 3 is 2.00 bits per heavy atom. The van der Waals surface area contributed by atoms with Crippen molar-refractivity contribution in [3.63, 3.8) is 0 Å². The largest absolute Gasteiger partial charge is 0.371 e. The maximum absolute atomic E-state index is 6.34. The van der Waals surface area contributed by atoms with Gasteiger partial charge in [-0.15, -0.1) is 0 Å². The first-order valence-electron chi connectivity index (χ1n) is 8.72. The Balaban J connectivity index is 1.92. The predicted molar refractivity (Wildman–Crippen MR) is 97.3 cm³/mol. The highest BCUT2D eigenvalue weighted by Gasteiger charge is 2.24. The van der Waals surface area contributed by atoms with Crippen molar-refractivity contribution in [1.82, 2.24) is 0 Å². The van der Waals surface area contributed by atoms with E-state index in [9.17, 15) is 0 Å². The fraction of sp³-hybridized carbons (Fsp3) is 0.364. The van der Waals surface area contributed by atoms with E-state index in [2.05, 4.69) is 80.6 Å². The molecule has 0 N–H and O–H groups in total. The maximum atomic E-state index is 6.34. The van der Waals surface area contributed by atoms with Gasteiger partial charge < -0.3 is 4.74 Å². The Bertz CT molecular complexity index is 586. The first kappa shape index (κ1) is 16.0. The van der Waals surface area contributed by atoms with Crippen LogP contribution >= 0.6 is 0 Å². The van der Waals surface area contributed by atoms with Crippen molar-refractivity contribution in [2.45, 2.75) is 45.3 Å². The van der Waals surface area contributed by atoms with Crippen LogP contribution in [0.2, 0.25) is 0 Å². The molecule has 0 saturated carbocycles. The molecular formula is C22H26O. The summed E-state index contributed by atoms with van der Waals surface area (Å²) in [5, 5.41) is 0. The zero-order chi connectivity index (χ0) is 16.1. The molecular weight excluding hydrogens is 280 g/mol. The first-order valence-corrected chi connectivity index (χ1v) is 8.72. The van der Waals surface area contributed by atoms with E-state index in [0.717, 1.165) is 6.42 Å². The average molecular weight is 306 g/mol. The molecule has 0 amide bonds. The summed E-state index contributed by atoms with van der Waals surface area (Å²) in [6.45, 7) is 4.51. The molecule has 1 saturated heterocycles. The molecule has 1 aliphatic rings. The van der Waals surface area contributed by atoms with E-state index in [0.29, 0.717) is 12.0 Å². The molecule has 0 aromatic heterocycles. The fourth-order valence-electron chi connectivity index (χ4n) is 3.27. The molecule has 2 aromatic carbocycles. The maximum Gasteiger partial charge on any atom is 0.0768 e. The van der Waals surface area contributed by atoms with Crippen molar-refractivity contribution in [2.24, 2.45) is 5.92 Å². The second kappa shape index (κ2) is 7.61. The molecule has 1 nitrogen and oxygen atoms in total. The predicted octanol–water partition coefficient (Wildman–Crippen LogP) is 5.71. The summed E-state index contributed by atoms with van der Waals surface area (Å²) in [6.07, 6.45) is 6.49. The van der Waals surface area contributed by atoms with Gasteiger partial charge in [0.15, 0.2) is 0 Å². The van der Waals surface area contributed by atoms with Gasteiger partial charge in [0.1, 0.15) is 0 Å². The lowest BCUT2D eigenvalue weighted by atomic mass is 9.92. The summed E-state index contributed by atoms with van der Waals surface area (Å²) in [6, 6.07) is 21.3. The Morgan fingerprint density at radius 2 is 1.48 bits per heavy atom. The van der Waals surface area contributed by atoms with Gasteiger partial charge in [0.05, 0.1) is 12.2 Å². The number of ether oxygens (including phenoxy) is 1. The molecule has 2 atom stereocenters. The van der Waals surface area contributed by atoms with Gasteiger partial charge in [-0.25, -0.2) is 0 Å². The molecule has 1 aliphatic heterocycles. The number of rotatable bonds is 4. The number of hydrogen-bond acceptors (Lipinski definition) is 1. The Hall–Kier alpha value is -1.86. The summed E-state index contributed by atoms with van der Waals surface area (Å²) in [5.41, 5.74) is 3.79. The van der Waals surface area contributed by atoms with Crippen molar-refractivity contribution < 1.29 is 4.74 Å². The average Bonchev–Trinajstić information content (AvgIpc) is 2.61. The van der Waals surface area contributed by atoms with E-state index in [1.807, 2.05) is 0 Å². The SMILES string of the molecule is CC(C)[C@H]1CCC[C@@H](C=C(c2ccccc2)c2ccccc2)O1. The minimum Gasteiger partial charge on any atom is -0.371 e. The normalized spacial score (nSPS) is 21.2. The van der Waals surface area contributed by atoms with Crippen LogP contribution in [0.15, 0.2) is 66.7 Å². The van der Waals surface area contributed by atoms with Crippen LogP contribution in [0.5, 0.6) is 0 Å². The smallest absolute Gasteiger partial charge is 0.0768 e. The molecule has 1 fully saturated rings. The zero-order valence-corrected chi connectivity index (χ0v) is 14.1. The van der Waals surface area contributed by atoms with Gasteiger partial charge in [0.25, 0.3) is 0 Å². The molecule has 0 radical (unpaired) electrons. The van der Waals surface area contributed by atoms with Crippen LogP contribution in [-0.4, -0.2) is 12.2 Å². The molecule has 1 heterocycles. The monoisotopic (exact) mass is 306 g/mol. The minimum atomic E-state index is 0.214. The van der Waals surface area contributed by atoms with Crippen LogP contribution in [0.4, 0.5) is 0 Å². The Labute approximate surface area is 140 Å². The Kier molecular flexibility index (Phi) is 5.30. The van der Waals surface area contributed by atoms with Crippen molar-refractivity contribution in [3.8, 4) is 0 Å². The lowest BCUT2D eigenvalue weighted by molar-refractivity contribution is -0.0482. The second-order valence-corrected chi connectivity index (χ2v) is 6.70. The summed E-state index contributed by atoms with van der Waals surface area (Å²) in [4.78, 5) is 0. The molecule has 120 valence electrons. The van der Waals surface area contributed by atoms with E-state index in [4.69, 9.17) is 4.74 Å². The van der Waals surface area contributed by atoms with Gasteiger partial charge in [-0.3, -0.25) is 0 Å². The molecule has 23 heavy (non-hydrogen) atoms. The topological polar surface area (TPSA) is 9.23 Å². The van der Waals surface area contributed by atoms with E-state index in [-0.39, 0.29) is 6.10 Å². The van der Waals surface area contributed by atoms with Gasteiger partial charge in [-0.2, -0.15) is 0 Å². The molecule has 3 rings (SSSR count). The van der Waals surface area contributed by atoms with Gasteiger partial charge >= 0.3 is 0 Å². The standard InChI is InChI=1S/C22H26O/c1-17(2)22-15-9-14-20(23-22)16-21(18-10-5-3-6-11-18)19-12-7-4-8-13-19/h3-8,10-13,16-17,20,22H,9,14-15H2,1-2H3/t20-,22+/m0/s1. The van der Waals surface area contributed by atoms with E-state index < -0.39 is 0 Å². The van der Waals surface area contributed by atoms with E-state index >= 15 is 0 Å². The molecule has 1 heteroatoms. The van der Waals surface area contributed by atoms with Crippen LogP contribution in [0.1, 0.15) is 44.2 Å². The first-order chi connectivity index (χ1) is 11.2. The van der Waals surface area contributed by atoms with Crippen molar-refractivity contribution in [2.75, 3.05) is 0 Å². The van der Waals surface area contributed by atoms with Crippen LogP contribution in [0.3, 0.4) is 0 Å². The number of benzene rings is 2. The summed E-state index contributed by atoms with van der Waals surface area (Å²) in [7, 11) is 0. The van der Waals surface area contributed by atoms with Gasteiger partial charge in [-0.1, -0.05) is 74.5 Å². The Morgan fingerprint density at radius 1 is 0.913 bits per heavy atom. The summed E-state index contributed by atoms with van der Waals surface area (Å²) < 4.78 is 6.34. The molecule has 0 spiro atoms. The quantitative estimate of drug-likeness (QED) is 0.702. The van der Waals surface area contributed by atoms with E-state index in [1.54, 1.807) is 0 Å². The molecule has 0 bridgehead atoms. The minimum absolute atomic E-state index is 0.214. The van der Waals surface area contributed by atoms with Crippen LogP contribution < -0.4 is 0 Å². The van der Waals surface area contributed by atoms with Crippen LogP contribution in [-0.2, 0) is 4.74 Å². The third kappa shape index (κ3) is 4.11. The van der Waals surface area contributed by atoms with Gasteiger partial charge in [0.2, 0.25) is 0 Å². The van der Waals surface area contributed by atoms with Crippen LogP contribution in [0.25, 0.3) is 5.57 Å². The van der Waals surface area contributed by atoms with E-state index in [1.165, 1.54) is 29.5 Å². The highest BCUT2D eigenvalue weighted by atomic mass is 16.5. The summed E-state index contributed by atoms with van der Waals surface area (Å²) in [5.74, 6) is 0.586. The lowest BCUT2D eigenvalue weighted by Crippen LogP contribution is -2.30. The highest BCUT2D eigenvalue weighted by molar-refractivity contribution is 5.80. The molecule has 2 aromatic rings.